The number of hydrogen-bond donors (Lipinski definition) is 0. The van der Waals surface area contributed by atoms with Crippen molar-refractivity contribution < 1.29 is 4.74 Å². The van der Waals surface area contributed by atoms with Crippen LogP contribution >= 0.6 is 0 Å². The van der Waals surface area contributed by atoms with E-state index < -0.39 is 0 Å². The fourth-order valence-corrected chi connectivity index (χ4v) is 5.90. The molecule has 0 aliphatic carbocycles. The number of aryl methyl sites for hydroxylation is 1. The van der Waals surface area contributed by atoms with Crippen LogP contribution in [0.2, 0.25) is 0 Å². The van der Waals surface area contributed by atoms with Gasteiger partial charge in [-0.25, -0.2) is 0 Å². The quantitative estimate of drug-likeness (QED) is 0.153. The summed E-state index contributed by atoms with van der Waals surface area (Å²) in [4.78, 5) is 2.19. The Balaban J connectivity index is 1.18. The van der Waals surface area contributed by atoms with Crippen molar-refractivity contribution in [3.63, 3.8) is 0 Å². The number of benzene rings is 6. The number of nitrogens with zero attached hydrogens (tertiary/aromatic N) is 1. The maximum atomic E-state index is 5.31. The van der Waals surface area contributed by atoms with Crippen molar-refractivity contribution in [1.82, 2.24) is 0 Å². The first-order valence-electron chi connectivity index (χ1n) is 15.4. The Morgan fingerprint density at radius 1 is 0.500 bits per heavy atom. The van der Waals surface area contributed by atoms with Crippen LogP contribution in [-0.2, 0) is 12.8 Å². The summed E-state index contributed by atoms with van der Waals surface area (Å²) in [6.07, 6.45) is 3.20. The highest BCUT2D eigenvalue weighted by atomic mass is 16.5. The molecule has 2 heteroatoms. The summed E-state index contributed by atoms with van der Waals surface area (Å²) in [5.74, 6) is 1.30. The molecule has 0 radical (unpaired) electrons. The molecule has 6 rings (SSSR count). The molecule has 0 saturated heterocycles. The van der Waals surface area contributed by atoms with Gasteiger partial charge in [0.1, 0.15) is 5.75 Å². The van der Waals surface area contributed by atoms with Gasteiger partial charge < -0.3 is 9.64 Å². The summed E-state index contributed by atoms with van der Waals surface area (Å²) in [5.41, 5.74) is 11.4. The first-order chi connectivity index (χ1) is 21.7. The third-order valence-electron chi connectivity index (χ3n) is 8.60. The lowest BCUT2D eigenvalue weighted by atomic mass is 9.86. The Bertz CT molecular complexity index is 1730. The van der Waals surface area contributed by atoms with Crippen molar-refractivity contribution >= 4 is 11.4 Å². The molecule has 0 heterocycles. The van der Waals surface area contributed by atoms with Gasteiger partial charge in [0.05, 0.1) is 7.11 Å². The molecule has 1 unspecified atom stereocenters. The maximum Gasteiger partial charge on any atom is 0.119 e. The molecular formula is C42H39NO. The Morgan fingerprint density at radius 3 is 1.55 bits per heavy atom. The standard InChI is InChI=1S/C42H39NO/c1-43(41-27-29-42(44-2)30-28-41)40-25-23-37(24-26-40)36-19-21-38(22-20-36)39(18-13-32-9-5-3-6-10-32)31-33-14-16-35(17-15-33)34-11-7-4-8-12-34/h3-12,14-17,19-30,39H,13,18,31H2,1-2H3. The monoisotopic (exact) mass is 573 g/mol. The molecule has 6 aromatic rings. The molecule has 44 heavy (non-hydrogen) atoms. The predicted octanol–water partition coefficient (Wildman–Crippen LogP) is 10.8. The lowest BCUT2D eigenvalue weighted by Gasteiger charge is -2.20. The Kier molecular flexibility index (Phi) is 9.18. The largest absolute Gasteiger partial charge is 0.497 e. The lowest BCUT2D eigenvalue weighted by molar-refractivity contribution is 0.415. The number of hydrogen-bond acceptors (Lipinski definition) is 2. The third-order valence-corrected chi connectivity index (χ3v) is 8.60. The number of rotatable bonds is 11. The van der Waals surface area contributed by atoms with E-state index in [9.17, 15) is 0 Å². The fraction of sp³-hybridized carbons (Fsp3) is 0.143. The summed E-state index contributed by atoms with van der Waals surface area (Å²) in [6.45, 7) is 0. The molecule has 1 atom stereocenters. The summed E-state index contributed by atoms with van der Waals surface area (Å²) in [5, 5.41) is 0. The van der Waals surface area contributed by atoms with Crippen LogP contribution in [0.5, 0.6) is 5.75 Å². The highest BCUT2D eigenvalue weighted by molar-refractivity contribution is 5.70. The second-order valence-corrected chi connectivity index (χ2v) is 11.4. The fourth-order valence-electron chi connectivity index (χ4n) is 5.90. The third kappa shape index (κ3) is 7.10. The van der Waals surface area contributed by atoms with Gasteiger partial charge >= 0.3 is 0 Å². The van der Waals surface area contributed by atoms with Crippen LogP contribution in [0.15, 0.2) is 158 Å². The van der Waals surface area contributed by atoms with E-state index in [-0.39, 0.29) is 0 Å². The van der Waals surface area contributed by atoms with Gasteiger partial charge in [-0.05, 0) is 101 Å². The zero-order valence-corrected chi connectivity index (χ0v) is 25.6. The minimum atomic E-state index is 0.437. The van der Waals surface area contributed by atoms with E-state index in [0.29, 0.717) is 5.92 Å². The zero-order valence-electron chi connectivity index (χ0n) is 25.6. The summed E-state index contributed by atoms with van der Waals surface area (Å²) >= 11 is 0. The van der Waals surface area contributed by atoms with Crippen LogP contribution in [0.3, 0.4) is 0 Å². The highest BCUT2D eigenvalue weighted by Gasteiger charge is 2.14. The van der Waals surface area contributed by atoms with Gasteiger partial charge in [0, 0.05) is 18.4 Å². The first kappa shape index (κ1) is 29.0. The van der Waals surface area contributed by atoms with Crippen molar-refractivity contribution in [3.05, 3.63) is 174 Å². The summed E-state index contributed by atoms with van der Waals surface area (Å²) in [6, 6.07) is 56.8. The molecule has 0 spiro atoms. The maximum absolute atomic E-state index is 5.31. The lowest BCUT2D eigenvalue weighted by Crippen LogP contribution is -2.09. The molecule has 6 aromatic carbocycles. The van der Waals surface area contributed by atoms with Crippen molar-refractivity contribution in [2.24, 2.45) is 0 Å². The molecule has 218 valence electrons. The van der Waals surface area contributed by atoms with E-state index >= 15 is 0 Å². The van der Waals surface area contributed by atoms with Crippen molar-refractivity contribution in [3.8, 4) is 28.0 Å². The van der Waals surface area contributed by atoms with Crippen LogP contribution in [0.25, 0.3) is 22.3 Å². The van der Waals surface area contributed by atoms with Crippen LogP contribution in [0.4, 0.5) is 11.4 Å². The van der Waals surface area contributed by atoms with E-state index in [1.54, 1.807) is 7.11 Å². The molecule has 0 saturated carbocycles. The van der Waals surface area contributed by atoms with Crippen molar-refractivity contribution in [2.45, 2.75) is 25.2 Å². The predicted molar refractivity (Wildman–Crippen MR) is 186 cm³/mol. The SMILES string of the molecule is COc1ccc(N(C)c2ccc(-c3ccc(C(CCc4ccccc4)Cc4ccc(-c5ccccc5)cc4)cc3)cc2)cc1. The average molecular weight is 574 g/mol. The smallest absolute Gasteiger partial charge is 0.119 e. The second kappa shape index (κ2) is 13.9. The molecule has 0 aliphatic rings. The topological polar surface area (TPSA) is 12.5 Å². The van der Waals surface area contributed by atoms with Crippen LogP contribution in [0, 0.1) is 0 Å². The van der Waals surface area contributed by atoms with E-state index in [0.717, 1.165) is 36.4 Å². The van der Waals surface area contributed by atoms with Gasteiger partial charge in [0.25, 0.3) is 0 Å². The molecule has 0 aliphatic heterocycles. The van der Waals surface area contributed by atoms with E-state index in [2.05, 4.69) is 158 Å². The molecule has 0 bridgehead atoms. The van der Waals surface area contributed by atoms with E-state index in [1.165, 1.54) is 38.9 Å². The van der Waals surface area contributed by atoms with Gasteiger partial charge in [-0.1, -0.05) is 121 Å². The zero-order chi connectivity index (χ0) is 30.1. The summed E-state index contributed by atoms with van der Waals surface area (Å²) in [7, 11) is 3.79. The van der Waals surface area contributed by atoms with Crippen molar-refractivity contribution in [1.29, 1.82) is 0 Å². The summed E-state index contributed by atoms with van der Waals surface area (Å²) < 4.78 is 5.31. The second-order valence-electron chi connectivity index (χ2n) is 11.4. The minimum Gasteiger partial charge on any atom is -0.497 e. The van der Waals surface area contributed by atoms with Crippen LogP contribution < -0.4 is 9.64 Å². The molecule has 0 aromatic heterocycles. The number of methoxy groups -OCH3 is 1. The van der Waals surface area contributed by atoms with Gasteiger partial charge in [-0.15, -0.1) is 0 Å². The number of ether oxygens (including phenoxy) is 1. The molecular weight excluding hydrogens is 534 g/mol. The highest BCUT2D eigenvalue weighted by Crippen LogP contribution is 2.32. The van der Waals surface area contributed by atoms with E-state index in [1.807, 2.05) is 12.1 Å². The average Bonchev–Trinajstić information content (AvgIpc) is 3.11. The Morgan fingerprint density at radius 2 is 0.977 bits per heavy atom. The molecule has 2 nitrogen and oxygen atoms in total. The minimum absolute atomic E-state index is 0.437. The van der Waals surface area contributed by atoms with Crippen molar-refractivity contribution in [2.75, 3.05) is 19.1 Å². The van der Waals surface area contributed by atoms with E-state index in [4.69, 9.17) is 4.74 Å². The van der Waals surface area contributed by atoms with Gasteiger partial charge in [0.15, 0.2) is 0 Å². The molecule has 0 fully saturated rings. The first-order valence-corrected chi connectivity index (χ1v) is 15.4. The molecule has 0 N–H and O–H groups in total. The number of anilines is 2. The van der Waals surface area contributed by atoms with Gasteiger partial charge in [0.2, 0.25) is 0 Å². The Labute approximate surface area is 262 Å². The van der Waals surface area contributed by atoms with Crippen LogP contribution in [-0.4, -0.2) is 14.2 Å². The van der Waals surface area contributed by atoms with Crippen LogP contribution in [0.1, 0.15) is 29.0 Å². The molecule has 0 amide bonds. The normalized spacial score (nSPS) is 11.6. The van der Waals surface area contributed by atoms with Gasteiger partial charge in [-0.2, -0.15) is 0 Å². The van der Waals surface area contributed by atoms with Gasteiger partial charge in [-0.3, -0.25) is 0 Å². The Hall–Kier alpha value is -5.08.